The van der Waals surface area contributed by atoms with Gasteiger partial charge in [0.2, 0.25) is 5.91 Å². The van der Waals surface area contributed by atoms with Gasteiger partial charge < -0.3 is 15.4 Å². The summed E-state index contributed by atoms with van der Waals surface area (Å²) in [5.41, 5.74) is 0.625. The van der Waals surface area contributed by atoms with Crippen molar-refractivity contribution in [1.82, 2.24) is 10.6 Å². The summed E-state index contributed by atoms with van der Waals surface area (Å²) >= 11 is 0. The molecule has 1 aromatic rings. The predicted octanol–water partition coefficient (Wildman–Crippen LogP) is 2.98. The standard InChI is InChI=1S/C19H28N2O3.ClH/c1-2-24-17-7-5-16(6-8-17)18(22)9-10-19(23)21-13-11-15-4-3-12-20-14-15;/h5-8,15,20H,2-4,9-14H2,1H3,(H,21,23);1H. The first kappa shape index (κ1) is 21.5. The molecule has 1 atom stereocenters. The largest absolute Gasteiger partial charge is 0.494 e. The van der Waals surface area contributed by atoms with Gasteiger partial charge in [-0.3, -0.25) is 9.59 Å². The van der Waals surface area contributed by atoms with Crippen LogP contribution in [-0.2, 0) is 4.79 Å². The number of halogens is 1. The fourth-order valence-electron chi connectivity index (χ4n) is 2.95. The molecule has 1 aliphatic rings. The quantitative estimate of drug-likeness (QED) is 0.657. The average molecular weight is 369 g/mol. The second kappa shape index (κ2) is 11.9. The van der Waals surface area contributed by atoms with Crippen LogP contribution >= 0.6 is 12.4 Å². The number of nitrogens with one attached hydrogen (secondary N) is 2. The molecule has 0 bridgehead atoms. The SMILES string of the molecule is CCOc1ccc(C(=O)CCC(=O)NCCC2CCCNC2)cc1.Cl. The van der Waals surface area contributed by atoms with Crippen LogP contribution in [0.15, 0.2) is 24.3 Å². The van der Waals surface area contributed by atoms with Crippen molar-refractivity contribution in [2.24, 2.45) is 5.92 Å². The predicted molar refractivity (Wildman–Crippen MR) is 102 cm³/mol. The molecule has 0 aromatic heterocycles. The number of ketones is 1. The monoisotopic (exact) mass is 368 g/mol. The number of rotatable bonds is 9. The number of carbonyl (C=O) groups is 2. The Kier molecular flexibility index (Phi) is 10.2. The van der Waals surface area contributed by atoms with E-state index in [0.717, 1.165) is 25.3 Å². The summed E-state index contributed by atoms with van der Waals surface area (Å²) < 4.78 is 5.35. The zero-order valence-corrected chi connectivity index (χ0v) is 15.7. The number of hydrogen-bond acceptors (Lipinski definition) is 4. The Morgan fingerprint density at radius 1 is 1.24 bits per heavy atom. The summed E-state index contributed by atoms with van der Waals surface area (Å²) in [7, 11) is 0. The molecule has 0 spiro atoms. The fraction of sp³-hybridized carbons (Fsp3) is 0.579. The number of Topliss-reactive ketones (excluding diaryl/α,β-unsaturated/α-hetero) is 1. The molecule has 1 unspecified atom stereocenters. The molecule has 0 radical (unpaired) electrons. The Labute approximate surface area is 156 Å². The third kappa shape index (κ3) is 7.88. The van der Waals surface area contributed by atoms with Gasteiger partial charge in [0.25, 0.3) is 0 Å². The van der Waals surface area contributed by atoms with E-state index in [4.69, 9.17) is 4.74 Å². The van der Waals surface area contributed by atoms with Crippen LogP contribution < -0.4 is 15.4 Å². The fourth-order valence-corrected chi connectivity index (χ4v) is 2.95. The molecule has 1 amide bonds. The molecule has 6 heteroatoms. The highest BCUT2D eigenvalue weighted by Crippen LogP contribution is 2.14. The first-order chi connectivity index (χ1) is 11.7. The van der Waals surface area contributed by atoms with E-state index in [0.29, 0.717) is 24.6 Å². The molecule has 1 aromatic carbocycles. The minimum absolute atomic E-state index is 0. The summed E-state index contributed by atoms with van der Waals surface area (Å²) in [5, 5.41) is 6.30. The van der Waals surface area contributed by atoms with Crippen LogP contribution in [0, 0.1) is 5.92 Å². The highest BCUT2D eigenvalue weighted by molar-refractivity contribution is 5.98. The molecule has 1 saturated heterocycles. The van der Waals surface area contributed by atoms with Crippen LogP contribution in [-0.4, -0.2) is 37.9 Å². The zero-order chi connectivity index (χ0) is 17.2. The number of carbonyl (C=O) groups excluding carboxylic acids is 2. The van der Waals surface area contributed by atoms with E-state index in [1.807, 2.05) is 6.92 Å². The van der Waals surface area contributed by atoms with E-state index in [9.17, 15) is 9.59 Å². The van der Waals surface area contributed by atoms with E-state index >= 15 is 0 Å². The van der Waals surface area contributed by atoms with Gasteiger partial charge in [-0.15, -0.1) is 12.4 Å². The Hall–Kier alpha value is -1.59. The molecule has 25 heavy (non-hydrogen) atoms. The minimum atomic E-state index is -0.0435. The van der Waals surface area contributed by atoms with Crippen LogP contribution in [0.4, 0.5) is 0 Å². The molecule has 2 rings (SSSR count). The molecular weight excluding hydrogens is 340 g/mol. The number of piperidine rings is 1. The molecule has 1 heterocycles. The van der Waals surface area contributed by atoms with Crippen molar-refractivity contribution >= 4 is 24.1 Å². The minimum Gasteiger partial charge on any atom is -0.494 e. The van der Waals surface area contributed by atoms with Crippen LogP contribution in [0.25, 0.3) is 0 Å². The van der Waals surface area contributed by atoms with E-state index in [2.05, 4.69) is 10.6 Å². The van der Waals surface area contributed by atoms with Crippen molar-refractivity contribution in [2.45, 2.75) is 39.0 Å². The van der Waals surface area contributed by atoms with Crippen LogP contribution in [0.5, 0.6) is 5.75 Å². The molecule has 1 fully saturated rings. The Morgan fingerprint density at radius 3 is 2.64 bits per heavy atom. The Morgan fingerprint density at radius 2 is 2.00 bits per heavy atom. The Balaban J connectivity index is 0.00000312. The Bertz CT molecular complexity index is 528. The summed E-state index contributed by atoms with van der Waals surface area (Å²) in [6.07, 6.45) is 3.94. The maximum absolute atomic E-state index is 12.1. The smallest absolute Gasteiger partial charge is 0.220 e. The molecule has 1 aliphatic heterocycles. The van der Waals surface area contributed by atoms with Gasteiger partial charge in [0.05, 0.1) is 6.61 Å². The summed E-state index contributed by atoms with van der Waals surface area (Å²) in [5.74, 6) is 1.36. The van der Waals surface area contributed by atoms with E-state index in [1.54, 1.807) is 24.3 Å². The molecular formula is C19H29ClN2O3. The molecule has 2 N–H and O–H groups in total. The molecule has 140 valence electrons. The number of ether oxygens (including phenoxy) is 1. The zero-order valence-electron chi connectivity index (χ0n) is 14.9. The van der Waals surface area contributed by atoms with E-state index in [1.165, 1.54) is 12.8 Å². The lowest BCUT2D eigenvalue weighted by atomic mass is 9.96. The van der Waals surface area contributed by atoms with Gasteiger partial charge in [-0.05, 0) is 69.5 Å². The van der Waals surface area contributed by atoms with Crippen LogP contribution in [0.1, 0.15) is 49.4 Å². The highest BCUT2D eigenvalue weighted by atomic mass is 35.5. The molecule has 0 aliphatic carbocycles. The first-order valence-corrected chi connectivity index (χ1v) is 8.92. The van der Waals surface area contributed by atoms with Crippen molar-refractivity contribution in [1.29, 1.82) is 0 Å². The van der Waals surface area contributed by atoms with Crippen molar-refractivity contribution in [3.05, 3.63) is 29.8 Å². The van der Waals surface area contributed by atoms with Gasteiger partial charge in [-0.25, -0.2) is 0 Å². The molecule has 5 nitrogen and oxygen atoms in total. The summed E-state index contributed by atoms with van der Waals surface area (Å²) in [6.45, 7) is 5.37. The lowest BCUT2D eigenvalue weighted by Gasteiger charge is -2.22. The normalized spacial score (nSPS) is 16.6. The topological polar surface area (TPSA) is 67.4 Å². The van der Waals surface area contributed by atoms with Gasteiger partial charge in [-0.1, -0.05) is 0 Å². The van der Waals surface area contributed by atoms with Gasteiger partial charge in [-0.2, -0.15) is 0 Å². The lowest BCUT2D eigenvalue weighted by molar-refractivity contribution is -0.121. The third-order valence-corrected chi connectivity index (χ3v) is 4.34. The number of hydrogen-bond donors (Lipinski definition) is 2. The van der Waals surface area contributed by atoms with Crippen molar-refractivity contribution in [2.75, 3.05) is 26.2 Å². The number of benzene rings is 1. The van der Waals surface area contributed by atoms with Gasteiger partial charge >= 0.3 is 0 Å². The van der Waals surface area contributed by atoms with Gasteiger partial charge in [0, 0.05) is 24.9 Å². The van der Waals surface area contributed by atoms with Crippen molar-refractivity contribution in [3.8, 4) is 5.75 Å². The second-order valence-corrected chi connectivity index (χ2v) is 6.23. The molecule has 0 saturated carbocycles. The third-order valence-electron chi connectivity index (χ3n) is 4.34. The van der Waals surface area contributed by atoms with Crippen LogP contribution in [0.2, 0.25) is 0 Å². The van der Waals surface area contributed by atoms with Gasteiger partial charge in [0.1, 0.15) is 5.75 Å². The van der Waals surface area contributed by atoms with Crippen LogP contribution in [0.3, 0.4) is 0 Å². The van der Waals surface area contributed by atoms with E-state index in [-0.39, 0.29) is 36.9 Å². The average Bonchev–Trinajstić information content (AvgIpc) is 2.61. The number of amides is 1. The maximum Gasteiger partial charge on any atom is 0.220 e. The summed E-state index contributed by atoms with van der Waals surface area (Å²) in [4.78, 5) is 24.0. The van der Waals surface area contributed by atoms with Crippen molar-refractivity contribution < 1.29 is 14.3 Å². The maximum atomic E-state index is 12.1. The first-order valence-electron chi connectivity index (χ1n) is 8.92. The lowest BCUT2D eigenvalue weighted by Crippen LogP contribution is -2.33. The van der Waals surface area contributed by atoms with Gasteiger partial charge in [0.15, 0.2) is 5.78 Å². The highest BCUT2D eigenvalue weighted by Gasteiger charge is 2.13. The van der Waals surface area contributed by atoms with Crippen molar-refractivity contribution in [3.63, 3.8) is 0 Å². The second-order valence-electron chi connectivity index (χ2n) is 6.23. The van der Waals surface area contributed by atoms with E-state index < -0.39 is 0 Å². The summed E-state index contributed by atoms with van der Waals surface area (Å²) in [6, 6.07) is 7.08.